The Hall–Kier alpha value is -3.16. The highest BCUT2D eigenvalue weighted by Gasteiger charge is 2.31. The third kappa shape index (κ3) is 3.76. The Morgan fingerprint density at radius 1 is 1.21 bits per heavy atom. The predicted octanol–water partition coefficient (Wildman–Crippen LogP) is 2.11. The van der Waals surface area contributed by atoms with Crippen molar-refractivity contribution in [3.05, 3.63) is 77.9 Å². The van der Waals surface area contributed by atoms with Gasteiger partial charge in [-0.3, -0.25) is 4.79 Å². The van der Waals surface area contributed by atoms with Crippen LogP contribution in [0.1, 0.15) is 29.4 Å². The summed E-state index contributed by atoms with van der Waals surface area (Å²) >= 11 is 0. The Morgan fingerprint density at radius 2 is 2.00 bits per heavy atom. The number of hydrogen-bond donors (Lipinski definition) is 4. The summed E-state index contributed by atoms with van der Waals surface area (Å²) in [6, 6.07) is 14.7. The molecule has 7 heteroatoms. The molecule has 2 aromatic carbocycles. The van der Waals surface area contributed by atoms with Crippen LogP contribution >= 0.6 is 0 Å². The third-order valence-corrected chi connectivity index (χ3v) is 5.04. The molecule has 0 saturated carbocycles. The first kappa shape index (κ1) is 18.2. The summed E-state index contributed by atoms with van der Waals surface area (Å²) in [6.45, 7) is 2.42. The van der Waals surface area contributed by atoms with Gasteiger partial charge in [-0.2, -0.15) is 0 Å². The molecular formula is C21H23N5O2. The first-order valence-corrected chi connectivity index (χ1v) is 9.28. The van der Waals surface area contributed by atoms with Gasteiger partial charge >= 0.3 is 0 Å². The van der Waals surface area contributed by atoms with Crippen molar-refractivity contribution in [2.75, 3.05) is 0 Å². The monoisotopic (exact) mass is 377 g/mol. The van der Waals surface area contributed by atoms with Gasteiger partial charge in [-0.25, -0.2) is 15.8 Å². The van der Waals surface area contributed by atoms with Gasteiger partial charge in [0.2, 0.25) is 5.91 Å². The van der Waals surface area contributed by atoms with Crippen molar-refractivity contribution in [2.45, 2.75) is 32.0 Å². The topological polar surface area (TPSA) is 91.2 Å². The van der Waals surface area contributed by atoms with Crippen LogP contribution in [0.15, 0.2) is 60.9 Å². The molecule has 1 amide bonds. The molecule has 3 aromatic rings. The van der Waals surface area contributed by atoms with Gasteiger partial charge in [-0.1, -0.05) is 30.3 Å². The number of benzene rings is 2. The average molecular weight is 377 g/mol. The van der Waals surface area contributed by atoms with Crippen LogP contribution in [0.4, 0.5) is 0 Å². The van der Waals surface area contributed by atoms with Crippen LogP contribution in [0.25, 0.3) is 5.69 Å². The average Bonchev–Trinajstić information content (AvgIpc) is 3.36. The molecule has 2 atom stereocenters. The number of aromatic hydroxyl groups is 1. The molecule has 0 bridgehead atoms. The summed E-state index contributed by atoms with van der Waals surface area (Å²) in [5.41, 5.74) is 8.96. The fraction of sp³-hybridized carbons (Fsp3) is 0.238. The minimum atomic E-state index is -0.350. The van der Waals surface area contributed by atoms with Crippen molar-refractivity contribution in [2.24, 2.45) is 0 Å². The lowest BCUT2D eigenvalue weighted by Crippen LogP contribution is -2.42. The Balaban J connectivity index is 1.32. The van der Waals surface area contributed by atoms with Gasteiger partial charge in [0, 0.05) is 30.2 Å². The zero-order valence-electron chi connectivity index (χ0n) is 15.6. The van der Waals surface area contributed by atoms with Gasteiger partial charge in [0.05, 0.1) is 6.04 Å². The maximum Gasteiger partial charge on any atom is 0.238 e. The van der Waals surface area contributed by atoms with Crippen LogP contribution < -0.4 is 16.2 Å². The van der Waals surface area contributed by atoms with E-state index in [9.17, 15) is 9.90 Å². The zero-order valence-corrected chi connectivity index (χ0v) is 15.6. The second kappa shape index (κ2) is 7.84. The van der Waals surface area contributed by atoms with Crippen LogP contribution in [0.2, 0.25) is 0 Å². The van der Waals surface area contributed by atoms with E-state index in [1.54, 1.807) is 18.3 Å². The van der Waals surface area contributed by atoms with Crippen molar-refractivity contribution in [1.82, 2.24) is 25.7 Å². The number of hydrogen-bond acceptors (Lipinski definition) is 5. The number of hydrazine groups is 1. The smallest absolute Gasteiger partial charge is 0.238 e. The highest BCUT2D eigenvalue weighted by molar-refractivity contribution is 5.82. The van der Waals surface area contributed by atoms with Gasteiger partial charge < -0.3 is 15.0 Å². The van der Waals surface area contributed by atoms with E-state index in [0.717, 1.165) is 22.6 Å². The molecule has 144 valence electrons. The second-order valence-electron chi connectivity index (χ2n) is 6.92. The fourth-order valence-electron chi connectivity index (χ4n) is 3.45. The lowest BCUT2D eigenvalue weighted by Gasteiger charge is -2.12. The molecule has 0 aliphatic carbocycles. The number of nitrogens with one attached hydrogen (secondary N) is 3. The van der Waals surface area contributed by atoms with Crippen molar-refractivity contribution < 1.29 is 9.90 Å². The van der Waals surface area contributed by atoms with E-state index in [-0.39, 0.29) is 23.7 Å². The lowest BCUT2D eigenvalue weighted by atomic mass is 10.0. The minimum absolute atomic E-state index is 0.0695. The summed E-state index contributed by atoms with van der Waals surface area (Å²) in [5.74, 6) is 1.09. The van der Waals surface area contributed by atoms with E-state index in [1.807, 2.05) is 54.1 Å². The molecule has 1 aromatic heterocycles. The second-order valence-corrected chi connectivity index (χ2v) is 6.92. The van der Waals surface area contributed by atoms with Crippen LogP contribution in [0.3, 0.4) is 0 Å². The first-order chi connectivity index (χ1) is 13.6. The van der Waals surface area contributed by atoms with Crippen molar-refractivity contribution >= 4 is 5.91 Å². The van der Waals surface area contributed by atoms with Gasteiger partial charge in [-0.15, -0.1) is 0 Å². The first-order valence-electron chi connectivity index (χ1n) is 9.28. The van der Waals surface area contributed by atoms with E-state index in [1.165, 1.54) is 0 Å². The fourth-order valence-corrected chi connectivity index (χ4v) is 3.45. The summed E-state index contributed by atoms with van der Waals surface area (Å²) in [5, 5.41) is 13.0. The molecule has 7 nitrogen and oxygen atoms in total. The van der Waals surface area contributed by atoms with E-state index in [4.69, 9.17) is 0 Å². The van der Waals surface area contributed by atoms with Gasteiger partial charge in [0.25, 0.3) is 0 Å². The molecule has 2 unspecified atom stereocenters. The molecule has 1 aliphatic rings. The Morgan fingerprint density at radius 3 is 2.71 bits per heavy atom. The lowest BCUT2D eigenvalue weighted by molar-refractivity contribution is -0.123. The van der Waals surface area contributed by atoms with Crippen LogP contribution in [0.5, 0.6) is 5.75 Å². The number of rotatable bonds is 5. The number of phenolic OH excluding ortho intramolecular Hbond substituents is 1. The molecule has 1 aliphatic heterocycles. The van der Waals surface area contributed by atoms with Crippen LogP contribution in [0, 0.1) is 6.92 Å². The SMILES string of the molecule is Cc1nccn1-c1ccc(CNC(=O)C2CC(c3ccccc3O)NN2)cc1. The van der Waals surface area contributed by atoms with Crippen molar-refractivity contribution in [1.29, 1.82) is 0 Å². The highest BCUT2D eigenvalue weighted by atomic mass is 16.3. The van der Waals surface area contributed by atoms with Crippen LogP contribution in [-0.4, -0.2) is 26.6 Å². The molecule has 2 heterocycles. The van der Waals surface area contributed by atoms with Gasteiger partial charge in [0.1, 0.15) is 17.6 Å². The number of phenols is 1. The standard InChI is InChI=1S/C21H23N5O2/c1-14-22-10-11-26(14)16-8-6-15(7-9-16)13-23-21(28)19-12-18(24-25-19)17-4-2-3-5-20(17)27/h2-11,18-19,24-25,27H,12-13H2,1H3,(H,23,28). The maximum atomic E-state index is 12.5. The molecule has 1 fully saturated rings. The summed E-state index contributed by atoms with van der Waals surface area (Å²) in [6.07, 6.45) is 4.27. The third-order valence-electron chi connectivity index (χ3n) is 5.04. The molecule has 4 N–H and O–H groups in total. The number of aromatic nitrogens is 2. The number of carbonyl (C=O) groups is 1. The Kier molecular flexibility index (Phi) is 5.10. The largest absolute Gasteiger partial charge is 0.508 e. The molecule has 4 rings (SSSR count). The van der Waals surface area contributed by atoms with E-state index in [0.29, 0.717) is 13.0 Å². The summed E-state index contributed by atoms with van der Waals surface area (Å²) < 4.78 is 2.01. The predicted molar refractivity (Wildman–Crippen MR) is 106 cm³/mol. The Bertz CT molecular complexity index is 967. The number of para-hydroxylation sites is 1. The van der Waals surface area contributed by atoms with E-state index < -0.39 is 0 Å². The van der Waals surface area contributed by atoms with Crippen molar-refractivity contribution in [3.63, 3.8) is 0 Å². The van der Waals surface area contributed by atoms with E-state index in [2.05, 4.69) is 21.2 Å². The van der Waals surface area contributed by atoms with Crippen LogP contribution in [-0.2, 0) is 11.3 Å². The number of amides is 1. The maximum absolute atomic E-state index is 12.5. The molecule has 1 saturated heterocycles. The summed E-state index contributed by atoms with van der Waals surface area (Å²) in [7, 11) is 0. The minimum Gasteiger partial charge on any atom is -0.508 e. The normalized spacial score (nSPS) is 18.9. The molecule has 0 spiro atoms. The van der Waals surface area contributed by atoms with Gasteiger partial charge in [0.15, 0.2) is 0 Å². The summed E-state index contributed by atoms with van der Waals surface area (Å²) in [4.78, 5) is 16.7. The van der Waals surface area contributed by atoms with Crippen molar-refractivity contribution in [3.8, 4) is 11.4 Å². The molecular weight excluding hydrogens is 354 g/mol. The molecule has 28 heavy (non-hydrogen) atoms. The number of carbonyl (C=O) groups excluding carboxylic acids is 1. The zero-order chi connectivity index (χ0) is 19.5. The highest BCUT2D eigenvalue weighted by Crippen LogP contribution is 2.29. The molecule has 0 radical (unpaired) electrons. The Labute approximate surface area is 163 Å². The van der Waals surface area contributed by atoms with Gasteiger partial charge in [-0.05, 0) is 37.1 Å². The number of nitrogens with zero attached hydrogens (tertiary/aromatic N) is 2. The number of aryl methyl sites for hydroxylation is 1. The quantitative estimate of drug-likeness (QED) is 0.547. The number of imidazole rings is 1. The van der Waals surface area contributed by atoms with E-state index >= 15 is 0 Å².